The summed E-state index contributed by atoms with van der Waals surface area (Å²) in [7, 11) is 1.63. The van der Waals surface area contributed by atoms with Gasteiger partial charge < -0.3 is 30.7 Å². The first-order valence-corrected chi connectivity index (χ1v) is 12.5. The fourth-order valence-corrected chi connectivity index (χ4v) is 5.61. The number of aliphatic hydroxyl groups is 3. The zero-order valence-corrected chi connectivity index (χ0v) is 21.8. The third kappa shape index (κ3) is 5.10. The lowest BCUT2D eigenvalue weighted by Gasteiger charge is -2.34. The third-order valence-corrected chi connectivity index (χ3v) is 7.73. The van der Waals surface area contributed by atoms with Gasteiger partial charge in [0.2, 0.25) is 5.95 Å². The summed E-state index contributed by atoms with van der Waals surface area (Å²) in [5.41, 5.74) is 0.110. The number of hydrogen-bond donors (Lipinski definition) is 5. The molecular weight excluding hydrogens is 468 g/mol. The van der Waals surface area contributed by atoms with E-state index in [1.165, 1.54) is 11.3 Å². The largest absolute Gasteiger partial charge is 0.390 e. The number of ether oxygens (including phenoxy) is 1. The number of methoxy groups -OCH3 is 1. The molecule has 4 unspecified atom stereocenters. The van der Waals surface area contributed by atoms with Gasteiger partial charge in [0.15, 0.2) is 5.72 Å². The number of nitrogens with one attached hydrogen (secondary N) is 2. The average Bonchev–Trinajstić information content (AvgIpc) is 3.33. The molecule has 3 aromatic rings. The molecule has 35 heavy (non-hydrogen) atoms. The minimum atomic E-state index is -1.68. The van der Waals surface area contributed by atoms with Crippen molar-refractivity contribution in [2.45, 2.75) is 71.0 Å². The lowest BCUT2D eigenvalue weighted by molar-refractivity contribution is -0.0926. The predicted molar refractivity (Wildman–Crippen MR) is 136 cm³/mol. The third-order valence-electron chi connectivity index (χ3n) is 6.69. The Kier molecular flexibility index (Phi) is 7.00. The minimum Gasteiger partial charge on any atom is -0.390 e. The summed E-state index contributed by atoms with van der Waals surface area (Å²) in [6.45, 7) is 9.48. The molecule has 0 saturated heterocycles. The number of aromatic nitrogens is 4. The smallest absolute Gasteiger partial charge is 0.224 e. The molecule has 4 rings (SSSR count). The molecule has 4 atom stereocenters. The Morgan fingerprint density at radius 3 is 2.63 bits per heavy atom. The van der Waals surface area contributed by atoms with Gasteiger partial charge in [0.05, 0.1) is 33.4 Å². The highest BCUT2D eigenvalue weighted by atomic mass is 32.1. The molecule has 1 fully saturated rings. The number of aryl methyl sites for hydroxylation is 2. The number of rotatable bonds is 8. The van der Waals surface area contributed by atoms with Crippen molar-refractivity contribution in [2.24, 2.45) is 5.92 Å². The number of pyridine rings is 1. The molecule has 0 spiro atoms. The van der Waals surface area contributed by atoms with Crippen LogP contribution in [-0.4, -0.2) is 72.4 Å². The van der Waals surface area contributed by atoms with Crippen LogP contribution in [-0.2, 0) is 4.74 Å². The molecule has 11 heteroatoms. The fraction of sp³-hybridized carbons (Fsp3) is 0.583. The van der Waals surface area contributed by atoms with Gasteiger partial charge in [-0.3, -0.25) is 4.98 Å². The first-order valence-electron chi connectivity index (χ1n) is 11.7. The van der Waals surface area contributed by atoms with Crippen LogP contribution >= 0.6 is 11.3 Å². The van der Waals surface area contributed by atoms with Gasteiger partial charge in [0, 0.05) is 25.8 Å². The zero-order chi connectivity index (χ0) is 25.5. The molecule has 0 aliphatic heterocycles. The van der Waals surface area contributed by atoms with Crippen molar-refractivity contribution in [1.29, 1.82) is 0 Å². The summed E-state index contributed by atoms with van der Waals surface area (Å²) in [6.07, 6.45) is 1.20. The molecule has 10 nitrogen and oxygen atoms in total. The number of nitrogens with zero attached hydrogens (tertiary/aromatic N) is 4. The maximum Gasteiger partial charge on any atom is 0.224 e. The SMILES string of the molecule is COC(C)CNc1nc(C)c(-c2nc3c(C)nccc3s2)c(NC2(O)CCC(C(C)(C)O)C2O)n1. The van der Waals surface area contributed by atoms with E-state index in [9.17, 15) is 15.3 Å². The molecule has 0 aromatic carbocycles. The van der Waals surface area contributed by atoms with Crippen molar-refractivity contribution < 1.29 is 20.1 Å². The molecule has 3 aromatic heterocycles. The predicted octanol–water partition coefficient (Wildman–Crippen LogP) is 2.85. The Morgan fingerprint density at radius 2 is 2.00 bits per heavy atom. The van der Waals surface area contributed by atoms with Crippen LogP contribution < -0.4 is 10.6 Å². The van der Waals surface area contributed by atoms with Crippen LogP contribution in [0.1, 0.15) is 45.0 Å². The van der Waals surface area contributed by atoms with Crippen molar-refractivity contribution in [3.63, 3.8) is 0 Å². The molecule has 1 aliphatic carbocycles. The van der Waals surface area contributed by atoms with Gasteiger partial charge in [-0.25, -0.2) is 9.97 Å². The number of hydrogen-bond acceptors (Lipinski definition) is 11. The van der Waals surface area contributed by atoms with Crippen molar-refractivity contribution in [1.82, 2.24) is 19.9 Å². The molecule has 1 saturated carbocycles. The van der Waals surface area contributed by atoms with E-state index in [2.05, 4.69) is 25.6 Å². The second kappa shape index (κ2) is 9.55. The molecule has 0 radical (unpaired) electrons. The second-order valence-corrected chi connectivity index (χ2v) is 10.9. The van der Waals surface area contributed by atoms with E-state index in [4.69, 9.17) is 9.72 Å². The maximum absolute atomic E-state index is 11.4. The Hall–Kier alpha value is -2.44. The van der Waals surface area contributed by atoms with Gasteiger partial charge in [-0.1, -0.05) is 0 Å². The maximum atomic E-state index is 11.4. The normalized spacial score (nSPS) is 23.6. The lowest BCUT2D eigenvalue weighted by atomic mass is 9.87. The zero-order valence-electron chi connectivity index (χ0n) is 21.0. The van der Waals surface area contributed by atoms with E-state index in [1.807, 2.05) is 26.8 Å². The molecule has 0 amide bonds. The van der Waals surface area contributed by atoms with E-state index in [1.54, 1.807) is 27.2 Å². The van der Waals surface area contributed by atoms with Crippen LogP contribution in [0.2, 0.25) is 0 Å². The summed E-state index contributed by atoms with van der Waals surface area (Å²) in [6, 6.07) is 1.91. The first-order chi connectivity index (χ1) is 16.4. The van der Waals surface area contributed by atoms with Crippen LogP contribution in [0.4, 0.5) is 11.8 Å². The van der Waals surface area contributed by atoms with E-state index in [-0.39, 0.29) is 12.5 Å². The van der Waals surface area contributed by atoms with Crippen LogP contribution in [0.25, 0.3) is 20.8 Å². The van der Waals surface area contributed by atoms with Crippen LogP contribution in [0.3, 0.4) is 0 Å². The van der Waals surface area contributed by atoms with Gasteiger partial charge in [-0.05, 0) is 53.5 Å². The highest BCUT2D eigenvalue weighted by Crippen LogP contribution is 2.43. The van der Waals surface area contributed by atoms with E-state index in [0.717, 1.165) is 15.9 Å². The van der Waals surface area contributed by atoms with Gasteiger partial charge in [0.25, 0.3) is 0 Å². The molecule has 0 bridgehead atoms. The van der Waals surface area contributed by atoms with Crippen LogP contribution in [0.15, 0.2) is 12.3 Å². The van der Waals surface area contributed by atoms with Crippen LogP contribution in [0.5, 0.6) is 0 Å². The quantitative estimate of drug-likeness (QED) is 0.291. The Labute approximate surface area is 208 Å². The Morgan fingerprint density at radius 1 is 1.26 bits per heavy atom. The van der Waals surface area contributed by atoms with E-state index < -0.39 is 23.3 Å². The minimum absolute atomic E-state index is 0.0527. The summed E-state index contributed by atoms with van der Waals surface area (Å²) >= 11 is 1.49. The molecular formula is C24H34N6O4S. The molecule has 5 N–H and O–H groups in total. The highest BCUT2D eigenvalue weighted by Gasteiger charge is 2.52. The van der Waals surface area contributed by atoms with Gasteiger partial charge >= 0.3 is 0 Å². The van der Waals surface area contributed by atoms with Crippen molar-refractivity contribution in [2.75, 3.05) is 24.3 Å². The monoisotopic (exact) mass is 502 g/mol. The Bertz CT molecular complexity index is 1210. The highest BCUT2D eigenvalue weighted by molar-refractivity contribution is 7.21. The number of aliphatic hydroxyl groups excluding tert-OH is 1. The summed E-state index contributed by atoms with van der Waals surface area (Å²) in [4.78, 5) is 18.4. The number of anilines is 2. The topological polar surface area (TPSA) is 146 Å². The van der Waals surface area contributed by atoms with Gasteiger partial charge in [-0.15, -0.1) is 11.3 Å². The van der Waals surface area contributed by atoms with Gasteiger partial charge in [-0.2, -0.15) is 4.98 Å². The van der Waals surface area contributed by atoms with E-state index in [0.29, 0.717) is 41.0 Å². The van der Waals surface area contributed by atoms with E-state index >= 15 is 0 Å². The first kappa shape index (κ1) is 25.6. The number of fused-ring (bicyclic) bond motifs is 1. The number of thiazole rings is 1. The summed E-state index contributed by atoms with van der Waals surface area (Å²) < 4.78 is 6.29. The standard InChI is InChI=1S/C24H34N6O4S/c1-12(34-6)11-26-22-27-13(2)17(21-28-18-14(3)25-10-8-16(18)35-21)20(29-22)30-24(33)9-7-15(19(24)31)23(4,5)32/h8,10,12,15,19,31-33H,7,9,11H2,1-6H3,(H2,26,27,29,30). The molecule has 3 heterocycles. The molecule has 1 aliphatic rings. The Balaban J connectivity index is 1.78. The average molecular weight is 503 g/mol. The summed E-state index contributed by atoms with van der Waals surface area (Å²) in [5.74, 6) is 0.224. The lowest BCUT2D eigenvalue weighted by Crippen LogP contribution is -2.51. The van der Waals surface area contributed by atoms with Crippen molar-refractivity contribution >= 4 is 33.3 Å². The van der Waals surface area contributed by atoms with Gasteiger partial charge in [0.1, 0.15) is 22.4 Å². The summed E-state index contributed by atoms with van der Waals surface area (Å²) in [5, 5.41) is 39.9. The molecule has 190 valence electrons. The second-order valence-electron chi connectivity index (χ2n) is 9.84. The van der Waals surface area contributed by atoms with Crippen LogP contribution in [0, 0.1) is 19.8 Å². The van der Waals surface area contributed by atoms with Crippen molar-refractivity contribution in [3.8, 4) is 10.6 Å². The van der Waals surface area contributed by atoms with Crippen molar-refractivity contribution in [3.05, 3.63) is 23.7 Å². The fourth-order valence-electron chi connectivity index (χ4n) is 4.50.